The van der Waals surface area contributed by atoms with E-state index in [9.17, 15) is 4.79 Å². The number of amides is 2. The molecule has 2 saturated heterocycles. The van der Waals surface area contributed by atoms with E-state index in [0.717, 1.165) is 57.8 Å². The lowest BCUT2D eigenvalue weighted by Gasteiger charge is -2.36. The van der Waals surface area contributed by atoms with Crippen LogP contribution in [-0.4, -0.2) is 76.7 Å². The molecule has 7 nitrogen and oxygen atoms in total. The highest BCUT2D eigenvalue weighted by atomic mass is 16.5. The highest BCUT2D eigenvalue weighted by molar-refractivity contribution is 5.74. The van der Waals surface area contributed by atoms with Gasteiger partial charge in [0.2, 0.25) is 0 Å². The van der Waals surface area contributed by atoms with Gasteiger partial charge in [-0.2, -0.15) is 0 Å². The lowest BCUT2D eigenvalue weighted by molar-refractivity contribution is 0.0167. The van der Waals surface area contributed by atoms with Crippen LogP contribution < -0.4 is 15.0 Å². The average Bonchev–Trinajstić information content (AvgIpc) is 3.24. The molecule has 3 rings (SSSR count). The zero-order valence-corrected chi connectivity index (χ0v) is 16.2. The Morgan fingerprint density at radius 2 is 2.00 bits per heavy atom. The number of nitrogens with one attached hydrogen (secondary N) is 1. The summed E-state index contributed by atoms with van der Waals surface area (Å²) in [5.74, 6) is 0.858. The molecule has 0 bridgehead atoms. The van der Waals surface area contributed by atoms with E-state index in [1.807, 2.05) is 17.0 Å². The minimum atomic E-state index is 0.0171. The molecule has 2 aliphatic heterocycles. The summed E-state index contributed by atoms with van der Waals surface area (Å²) in [7, 11) is 1.67. The Kier molecular flexibility index (Phi) is 7.59. The highest BCUT2D eigenvalue weighted by Gasteiger charge is 2.21. The van der Waals surface area contributed by atoms with Crippen LogP contribution in [-0.2, 0) is 9.47 Å². The maximum absolute atomic E-state index is 12.3. The van der Waals surface area contributed by atoms with Gasteiger partial charge in [0.05, 0.1) is 19.8 Å². The summed E-state index contributed by atoms with van der Waals surface area (Å²) in [4.78, 5) is 16.5. The van der Waals surface area contributed by atoms with Crippen LogP contribution in [0.15, 0.2) is 24.3 Å². The van der Waals surface area contributed by atoms with E-state index in [0.29, 0.717) is 19.8 Å². The minimum Gasteiger partial charge on any atom is -0.497 e. The number of hydrogen-bond acceptors (Lipinski definition) is 5. The van der Waals surface area contributed by atoms with Crippen molar-refractivity contribution >= 4 is 11.7 Å². The van der Waals surface area contributed by atoms with E-state index in [2.05, 4.69) is 22.3 Å². The molecular formula is C20H31N3O4. The van der Waals surface area contributed by atoms with Gasteiger partial charge in [-0.3, -0.25) is 0 Å². The number of piperazine rings is 1. The summed E-state index contributed by atoms with van der Waals surface area (Å²) in [6, 6.07) is 8.07. The number of urea groups is 1. The Morgan fingerprint density at radius 3 is 2.67 bits per heavy atom. The first-order chi connectivity index (χ1) is 13.3. The molecule has 2 aliphatic rings. The molecule has 1 atom stereocenters. The van der Waals surface area contributed by atoms with E-state index >= 15 is 0 Å². The number of rotatable bonds is 8. The number of carbonyl (C=O) groups excluding carboxylic acids is 1. The first kappa shape index (κ1) is 19.8. The van der Waals surface area contributed by atoms with Crippen molar-refractivity contribution in [3.8, 4) is 5.75 Å². The molecule has 0 spiro atoms. The Hall–Kier alpha value is -1.99. The van der Waals surface area contributed by atoms with Crippen LogP contribution in [0.4, 0.5) is 10.5 Å². The molecule has 150 valence electrons. The Bertz CT molecular complexity index is 567. The molecule has 2 fully saturated rings. The smallest absolute Gasteiger partial charge is 0.317 e. The Labute approximate surface area is 161 Å². The molecule has 2 amide bonds. The summed E-state index contributed by atoms with van der Waals surface area (Å²) < 4.78 is 16.3. The largest absolute Gasteiger partial charge is 0.497 e. The second-order valence-corrected chi connectivity index (χ2v) is 6.97. The summed E-state index contributed by atoms with van der Waals surface area (Å²) in [6.45, 7) is 5.96. The number of hydrogen-bond donors (Lipinski definition) is 1. The van der Waals surface area contributed by atoms with E-state index in [-0.39, 0.29) is 12.1 Å². The summed E-state index contributed by atoms with van der Waals surface area (Å²) >= 11 is 0. The first-order valence-corrected chi connectivity index (χ1v) is 9.87. The normalized spacial score (nSPS) is 20.0. The third-order valence-corrected chi connectivity index (χ3v) is 5.07. The van der Waals surface area contributed by atoms with Gasteiger partial charge in [0, 0.05) is 51.6 Å². The van der Waals surface area contributed by atoms with E-state index in [1.165, 1.54) is 5.69 Å². The van der Waals surface area contributed by atoms with Crippen molar-refractivity contribution in [2.75, 3.05) is 64.6 Å². The number of benzene rings is 1. The van der Waals surface area contributed by atoms with Gasteiger partial charge in [0.15, 0.2) is 0 Å². The highest BCUT2D eigenvalue weighted by Crippen LogP contribution is 2.20. The third-order valence-electron chi connectivity index (χ3n) is 5.07. The molecule has 1 aromatic carbocycles. The number of anilines is 1. The molecule has 0 saturated carbocycles. The molecular weight excluding hydrogens is 346 g/mol. The van der Waals surface area contributed by atoms with Crippen LogP contribution in [0.3, 0.4) is 0 Å². The number of nitrogens with zero attached hydrogens (tertiary/aromatic N) is 2. The number of ether oxygens (including phenoxy) is 3. The van der Waals surface area contributed by atoms with Crippen LogP contribution in [0.5, 0.6) is 5.75 Å². The van der Waals surface area contributed by atoms with Crippen LogP contribution >= 0.6 is 0 Å². The second-order valence-electron chi connectivity index (χ2n) is 6.97. The van der Waals surface area contributed by atoms with Gasteiger partial charge in [-0.15, -0.1) is 0 Å². The van der Waals surface area contributed by atoms with Gasteiger partial charge < -0.3 is 29.3 Å². The average molecular weight is 377 g/mol. The minimum absolute atomic E-state index is 0.0171. The van der Waals surface area contributed by atoms with Crippen molar-refractivity contribution in [1.82, 2.24) is 10.2 Å². The van der Waals surface area contributed by atoms with Crippen molar-refractivity contribution < 1.29 is 19.0 Å². The predicted molar refractivity (Wildman–Crippen MR) is 105 cm³/mol. The van der Waals surface area contributed by atoms with Crippen LogP contribution in [0.25, 0.3) is 0 Å². The number of carbonyl (C=O) groups is 1. The Balaban J connectivity index is 1.27. The molecule has 7 heteroatoms. The van der Waals surface area contributed by atoms with Crippen LogP contribution in [0, 0.1) is 0 Å². The van der Waals surface area contributed by atoms with Gasteiger partial charge in [0.1, 0.15) is 5.75 Å². The molecule has 1 aromatic rings. The van der Waals surface area contributed by atoms with Gasteiger partial charge in [-0.25, -0.2) is 4.79 Å². The molecule has 1 N–H and O–H groups in total. The van der Waals surface area contributed by atoms with E-state index in [4.69, 9.17) is 14.2 Å². The molecule has 0 radical (unpaired) electrons. The molecule has 0 aromatic heterocycles. The SMILES string of the molecule is COc1ccc(N2CCN(C(=O)NCCCOCC3CCCO3)CC2)cc1. The zero-order valence-electron chi connectivity index (χ0n) is 16.2. The maximum atomic E-state index is 12.3. The summed E-state index contributed by atoms with van der Waals surface area (Å²) in [6.07, 6.45) is 3.32. The fourth-order valence-electron chi connectivity index (χ4n) is 3.43. The topological polar surface area (TPSA) is 63.3 Å². The van der Waals surface area contributed by atoms with Gasteiger partial charge >= 0.3 is 6.03 Å². The molecule has 2 heterocycles. The van der Waals surface area contributed by atoms with Crippen molar-refractivity contribution in [1.29, 1.82) is 0 Å². The standard InChI is InChI=1S/C20H31N3O4/c1-25-18-7-5-17(6-8-18)22-10-12-23(13-11-22)20(24)21-9-3-14-26-16-19-4-2-15-27-19/h5-8,19H,2-4,9-16H2,1H3,(H,21,24). The lowest BCUT2D eigenvalue weighted by Crippen LogP contribution is -2.52. The maximum Gasteiger partial charge on any atom is 0.317 e. The van der Waals surface area contributed by atoms with Gasteiger partial charge in [-0.1, -0.05) is 0 Å². The van der Waals surface area contributed by atoms with Crippen LogP contribution in [0.2, 0.25) is 0 Å². The van der Waals surface area contributed by atoms with Gasteiger partial charge in [0.25, 0.3) is 0 Å². The van der Waals surface area contributed by atoms with Crippen molar-refractivity contribution in [2.45, 2.75) is 25.4 Å². The Morgan fingerprint density at radius 1 is 1.22 bits per heavy atom. The van der Waals surface area contributed by atoms with Gasteiger partial charge in [-0.05, 0) is 43.5 Å². The zero-order chi connectivity index (χ0) is 18.9. The fraction of sp³-hybridized carbons (Fsp3) is 0.650. The van der Waals surface area contributed by atoms with Crippen LogP contribution in [0.1, 0.15) is 19.3 Å². The first-order valence-electron chi connectivity index (χ1n) is 9.87. The van der Waals surface area contributed by atoms with E-state index < -0.39 is 0 Å². The fourth-order valence-corrected chi connectivity index (χ4v) is 3.43. The molecule has 27 heavy (non-hydrogen) atoms. The third kappa shape index (κ3) is 6.01. The second kappa shape index (κ2) is 10.4. The quantitative estimate of drug-likeness (QED) is 0.703. The van der Waals surface area contributed by atoms with Crippen molar-refractivity contribution in [2.24, 2.45) is 0 Å². The lowest BCUT2D eigenvalue weighted by atomic mass is 10.2. The van der Waals surface area contributed by atoms with Crippen molar-refractivity contribution in [3.05, 3.63) is 24.3 Å². The monoisotopic (exact) mass is 377 g/mol. The molecule has 1 unspecified atom stereocenters. The predicted octanol–water partition coefficient (Wildman–Crippen LogP) is 2.11. The summed E-state index contributed by atoms with van der Waals surface area (Å²) in [5, 5.41) is 2.99. The summed E-state index contributed by atoms with van der Waals surface area (Å²) in [5.41, 5.74) is 1.17. The van der Waals surface area contributed by atoms with Crippen molar-refractivity contribution in [3.63, 3.8) is 0 Å². The van der Waals surface area contributed by atoms with E-state index in [1.54, 1.807) is 7.11 Å². The molecule has 0 aliphatic carbocycles. The number of methoxy groups -OCH3 is 1.